The second-order valence-corrected chi connectivity index (χ2v) is 4.42. The number of carbonyl (C=O) groups is 1. The van der Waals surface area contributed by atoms with Crippen LogP contribution in [0.2, 0.25) is 0 Å². The molecule has 2 rings (SSSR count). The molecule has 0 radical (unpaired) electrons. The molecule has 1 amide bonds. The van der Waals surface area contributed by atoms with E-state index >= 15 is 0 Å². The van der Waals surface area contributed by atoms with Crippen LogP contribution in [0, 0.1) is 17.2 Å². The first kappa shape index (κ1) is 12.3. The topological polar surface area (TPSA) is 70.1 Å². The lowest BCUT2D eigenvalue weighted by molar-refractivity contribution is -0.120. The second kappa shape index (κ2) is 5.03. The minimum absolute atomic E-state index is 0.0260. The number of amides is 1. The van der Waals surface area contributed by atoms with Crippen LogP contribution < -0.4 is 10.6 Å². The number of nitriles is 1. The zero-order valence-corrected chi connectivity index (χ0v) is 10.2. The monoisotopic (exact) mass is 241 g/mol. The smallest absolute Gasteiger partial charge is 0.233 e. The van der Waals surface area contributed by atoms with Crippen LogP contribution in [0.4, 0.5) is 5.69 Å². The van der Waals surface area contributed by atoms with Gasteiger partial charge in [0.15, 0.2) is 0 Å². The predicted octanol–water partition coefficient (Wildman–Crippen LogP) is 1.42. The van der Waals surface area contributed by atoms with Gasteiger partial charge in [-0.05, 0) is 18.6 Å². The lowest BCUT2D eigenvalue weighted by Gasteiger charge is -2.21. The summed E-state index contributed by atoms with van der Waals surface area (Å²) >= 11 is 0. The van der Waals surface area contributed by atoms with Crippen molar-refractivity contribution >= 4 is 11.6 Å². The van der Waals surface area contributed by atoms with Crippen molar-refractivity contribution < 1.29 is 4.79 Å². The van der Waals surface area contributed by atoms with Gasteiger partial charge in [0, 0.05) is 13.1 Å². The molecule has 2 unspecified atom stereocenters. The summed E-state index contributed by atoms with van der Waals surface area (Å²) in [5, 5.41) is 9.03. The summed E-state index contributed by atoms with van der Waals surface area (Å²) in [7, 11) is 1.69. The van der Waals surface area contributed by atoms with Crippen molar-refractivity contribution in [2.45, 2.75) is 12.5 Å². The number of anilines is 1. The van der Waals surface area contributed by atoms with E-state index in [1.54, 1.807) is 25.2 Å². The molecule has 2 atom stereocenters. The van der Waals surface area contributed by atoms with Gasteiger partial charge in [-0.1, -0.05) is 24.3 Å². The molecular weight excluding hydrogens is 226 g/mol. The van der Waals surface area contributed by atoms with E-state index in [-0.39, 0.29) is 17.9 Å². The Kier molecular flexibility index (Phi) is 3.45. The minimum Gasteiger partial charge on any atom is -0.324 e. The summed E-state index contributed by atoms with van der Waals surface area (Å²) in [6.07, 6.45) is 4.34. The van der Waals surface area contributed by atoms with E-state index in [4.69, 9.17) is 11.0 Å². The Morgan fingerprint density at radius 1 is 1.44 bits per heavy atom. The number of carbonyl (C=O) groups excluding carboxylic acids is 1. The summed E-state index contributed by atoms with van der Waals surface area (Å²) < 4.78 is 0. The molecule has 0 fully saturated rings. The van der Waals surface area contributed by atoms with Crippen molar-refractivity contribution in [3.8, 4) is 6.07 Å². The third kappa shape index (κ3) is 2.27. The fourth-order valence-electron chi connectivity index (χ4n) is 2.14. The summed E-state index contributed by atoms with van der Waals surface area (Å²) in [4.78, 5) is 13.8. The van der Waals surface area contributed by atoms with E-state index in [2.05, 4.69) is 6.07 Å². The maximum atomic E-state index is 12.3. The molecule has 1 aliphatic rings. The Morgan fingerprint density at radius 2 is 2.17 bits per heavy atom. The highest BCUT2D eigenvalue weighted by atomic mass is 16.2. The number of hydrogen-bond acceptors (Lipinski definition) is 3. The van der Waals surface area contributed by atoms with Crippen LogP contribution in [0.1, 0.15) is 12.0 Å². The van der Waals surface area contributed by atoms with Crippen LogP contribution in [0.5, 0.6) is 0 Å². The van der Waals surface area contributed by atoms with Crippen molar-refractivity contribution in [2.24, 2.45) is 11.7 Å². The molecule has 0 spiro atoms. The van der Waals surface area contributed by atoms with Crippen molar-refractivity contribution in [3.63, 3.8) is 0 Å². The van der Waals surface area contributed by atoms with Crippen molar-refractivity contribution in [1.29, 1.82) is 5.26 Å². The number of hydrogen-bond donors (Lipinski definition) is 1. The number of nitrogens with two attached hydrogens (primary N) is 1. The molecule has 1 aromatic carbocycles. The molecule has 2 N–H and O–H groups in total. The quantitative estimate of drug-likeness (QED) is 0.796. The molecule has 0 aliphatic heterocycles. The van der Waals surface area contributed by atoms with Gasteiger partial charge in [-0.15, -0.1) is 0 Å². The first-order valence-corrected chi connectivity index (χ1v) is 5.84. The molecule has 1 aliphatic carbocycles. The standard InChI is InChI=1S/C14H15N3O/c1-17(13-5-3-2-4-11(13)9-15)14(18)10-6-7-12(16)8-10/h2-7,10,12H,8,16H2,1H3. The summed E-state index contributed by atoms with van der Waals surface area (Å²) in [6, 6.07) is 9.13. The van der Waals surface area contributed by atoms with E-state index in [0.29, 0.717) is 17.7 Å². The van der Waals surface area contributed by atoms with Crippen molar-refractivity contribution in [1.82, 2.24) is 0 Å². The van der Waals surface area contributed by atoms with E-state index in [9.17, 15) is 4.79 Å². The molecule has 0 heterocycles. The average molecular weight is 241 g/mol. The normalized spacial score (nSPS) is 21.6. The van der Waals surface area contributed by atoms with Gasteiger partial charge in [-0.25, -0.2) is 0 Å². The molecule has 0 bridgehead atoms. The molecule has 1 aromatic rings. The molecule has 0 aromatic heterocycles. The summed E-state index contributed by atoms with van der Waals surface area (Å²) in [5.41, 5.74) is 6.89. The highest BCUT2D eigenvalue weighted by Crippen LogP contribution is 2.24. The van der Waals surface area contributed by atoms with E-state index in [0.717, 1.165) is 0 Å². The van der Waals surface area contributed by atoms with Gasteiger partial charge in [-0.3, -0.25) is 4.79 Å². The van der Waals surface area contributed by atoms with Crippen molar-refractivity contribution in [3.05, 3.63) is 42.0 Å². The van der Waals surface area contributed by atoms with Crippen LogP contribution >= 0.6 is 0 Å². The highest BCUT2D eigenvalue weighted by molar-refractivity contribution is 5.97. The average Bonchev–Trinajstić information content (AvgIpc) is 2.83. The van der Waals surface area contributed by atoms with E-state index in [1.165, 1.54) is 4.90 Å². The highest BCUT2D eigenvalue weighted by Gasteiger charge is 2.26. The third-order valence-electron chi connectivity index (χ3n) is 3.15. The molecule has 92 valence electrons. The molecule has 4 heteroatoms. The Hall–Kier alpha value is -2.12. The van der Waals surface area contributed by atoms with Crippen molar-refractivity contribution in [2.75, 3.05) is 11.9 Å². The van der Waals surface area contributed by atoms with Gasteiger partial charge < -0.3 is 10.6 Å². The van der Waals surface area contributed by atoms with Gasteiger partial charge in [-0.2, -0.15) is 5.26 Å². The fourth-order valence-corrected chi connectivity index (χ4v) is 2.14. The fraction of sp³-hybridized carbons (Fsp3) is 0.286. The van der Waals surface area contributed by atoms with E-state index in [1.807, 2.05) is 18.2 Å². The van der Waals surface area contributed by atoms with Crippen LogP contribution in [0.15, 0.2) is 36.4 Å². The largest absolute Gasteiger partial charge is 0.324 e. The number of para-hydroxylation sites is 1. The van der Waals surface area contributed by atoms with Gasteiger partial charge in [0.05, 0.1) is 17.2 Å². The lowest BCUT2D eigenvalue weighted by atomic mass is 10.1. The second-order valence-electron chi connectivity index (χ2n) is 4.42. The van der Waals surface area contributed by atoms with Gasteiger partial charge in [0.1, 0.15) is 6.07 Å². The van der Waals surface area contributed by atoms with Crippen LogP contribution in [-0.2, 0) is 4.79 Å². The van der Waals surface area contributed by atoms with Crippen LogP contribution in [0.25, 0.3) is 0 Å². The lowest BCUT2D eigenvalue weighted by Crippen LogP contribution is -2.33. The van der Waals surface area contributed by atoms with Gasteiger partial charge in [0.2, 0.25) is 5.91 Å². The molecule has 0 saturated heterocycles. The Bertz CT molecular complexity index is 530. The first-order chi connectivity index (χ1) is 8.63. The van der Waals surface area contributed by atoms with Crippen LogP contribution in [-0.4, -0.2) is 19.0 Å². The molecule has 4 nitrogen and oxygen atoms in total. The first-order valence-electron chi connectivity index (χ1n) is 5.84. The minimum atomic E-state index is -0.184. The number of rotatable bonds is 2. The SMILES string of the molecule is CN(C(=O)C1C=CC(N)C1)c1ccccc1C#N. The molecule has 18 heavy (non-hydrogen) atoms. The zero-order chi connectivity index (χ0) is 13.1. The number of benzene rings is 1. The molecule has 0 saturated carbocycles. The summed E-state index contributed by atoms with van der Waals surface area (Å²) in [6.45, 7) is 0. The van der Waals surface area contributed by atoms with E-state index < -0.39 is 0 Å². The zero-order valence-electron chi connectivity index (χ0n) is 10.2. The maximum Gasteiger partial charge on any atom is 0.233 e. The number of nitrogens with zero attached hydrogens (tertiary/aromatic N) is 2. The predicted molar refractivity (Wildman–Crippen MR) is 69.8 cm³/mol. The Balaban J connectivity index is 2.21. The summed E-state index contributed by atoms with van der Waals surface area (Å²) in [5.74, 6) is -0.210. The van der Waals surface area contributed by atoms with Crippen LogP contribution in [0.3, 0.4) is 0 Å². The molecular formula is C14H15N3O. The Labute approximate surface area is 106 Å². The third-order valence-corrected chi connectivity index (χ3v) is 3.15. The van der Waals surface area contributed by atoms with Gasteiger partial charge >= 0.3 is 0 Å². The van der Waals surface area contributed by atoms with Gasteiger partial charge in [0.25, 0.3) is 0 Å². The Morgan fingerprint density at radius 3 is 2.78 bits per heavy atom. The maximum absolute atomic E-state index is 12.3.